The summed E-state index contributed by atoms with van der Waals surface area (Å²) in [5, 5.41) is 6.32. The zero-order valence-corrected chi connectivity index (χ0v) is 14.8. The molecule has 22 heavy (non-hydrogen) atoms. The van der Waals surface area contributed by atoms with Crippen molar-refractivity contribution in [2.24, 2.45) is 12.0 Å². The Morgan fingerprint density at radius 2 is 2.05 bits per heavy atom. The quantitative estimate of drug-likeness (QED) is 0.499. The lowest BCUT2D eigenvalue weighted by atomic mass is 10.1. The van der Waals surface area contributed by atoms with Gasteiger partial charge >= 0.3 is 0 Å². The van der Waals surface area contributed by atoms with Crippen LogP contribution in [0.1, 0.15) is 26.3 Å². The molecule has 0 spiro atoms. The summed E-state index contributed by atoms with van der Waals surface area (Å²) in [6.07, 6.45) is 5.15. The number of aryl methyl sites for hydroxylation is 1. The van der Waals surface area contributed by atoms with E-state index in [2.05, 4.69) is 20.3 Å². The van der Waals surface area contributed by atoms with E-state index >= 15 is 0 Å². The zero-order chi connectivity index (χ0) is 16.8. The third kappa shape index (κ3) is 7.46. The Morgan fingerprint density at radius 3 is 2.55 bits per heavy atom. The van der Waals surface area contributed by atoms with Gasteiger partial charge in [0.25, 0.3) is 0 Å². The number of hydrogen-bond donors (Lipinski definition) is 3. The van der Waals surface area contributed by atoms with Crippen molar-refractivity contribution in [1.29, 1.82) is 0 Å². The van der Waals surface area contributed by atoms with E-state index < -0.39 is 15.6 Å². The van der Waals surface area contributed by atoms with E-state index in [0.717, 1.165) is 18.4 Å². The third-order valence-corrected chi connectivity index (χ3v) is 3.74. The van der Waals surface area contributed by atoms with Gasteiger partial charge < -0.3 is 15.2 Å². The Morgan fingerprint density at radius 1 is 1.36 bits per heavy atom. The Balaban J connectivity index is 2.63. The van der Waals surface area contributed by atoms with Crippen LogP contribution in [0.15, 0.2) is 23.5 Å². The average molecular weight is 329 g/mol. The molecule has 3 N–H and O–H groups in total. The largest absolute Gasteiger partial charge is 0.357 e. The lowest BCUT2D eigenvalue weighted by molar-refractivity contribution is 0.446. The van der Waals surface area contributed by atoms with Crippen molar-refractivity contribution in [3.8, 4) is 0 Å². The monoisotopic (exact) mass is 329 g/mol. The molecule has 1 aromatic rings. The maximum atomic E-state index is 11.3. The van der Waals surface area contributed by atoms with Gasteiger partial charge in [0.15, 0.2) is 5.96 Å². The van der Waals surface area contributed by atoms with Crippen LogP contribution in [0.5, 0.6) is 0 Å². The number of rotatable bonds is 7. The first-order chi connectivity index (χ1) is 10.1. The summed E-state index contributed by atoms with van der Waals surface area (Å²) in [6.45, 7) is 7.36. The van der Waals surface area contributed by atoms with Gasteiger partial charge in [-0.05, 0) is 32.4 Å². The van der Waals surface area contributed by atoms with Gasteiger partial charge in [0.05, 0.1) is 12.8 Å². The van der Waals surface area contributed by atoms with Crippen molar-refractivity contribution in [2.45, 2.75) is 32.9 Å². The fraction of sp³-hybridized carbons (Fsp3) is 0.643. The van der Waals surface area contributed by atoms with Gasteiger partial charge in [-0.25, -0.2) is 18.1 Å². The second-order valence-electron chi connectivity index (χ2n) is 5.99. The topological polar surface area (TPSA) is 87.5 Å². The SMILES string of the molecule is CCNC(=NCc1ccn(C)c1)NCC(C)(C)NS(C)(=O)=O. The summed E-state index contributed by atoms with van der Waals surface area (Å²) >= 11 is 0. The maximum Gasteiger partial charge on any atom is 0.209 e. The molecule has 0 fully saturated rings. The van der Waals surface area contributed by atoms with Crippen LogP contribution in [0, 0.1) is 0 Å². The van der Waals surface area contributed by atoms with Crippen molar-refractivity contribution in [3.63, 3.8) is 0 Å². The van der Waals surface area contributed by atoms with Gasteiger partial charge in [-0.3, -0.25) is 0 Å². The summed E-state index contributed by atoms with van der Waals surface area (Å²) in [5.74, 6) is 0.662. The molecule has 8 heteroatoms. The molecular formula is C14H27N5O2S. The zero-order valence-electron chi connectivity index (χ0n) is 14.0. The highest BCUT2D eigenvalue weighted by atomic mass is 32.2. The normalized spacial score (nSPS) is 13.2. The Labute approximate surface area is 133 Å². The molecule has 0 bridgehead atoms. The van der Waals surface area contributed by atoms with Crippen LogP contribution >= 0.6 is 0 Å². The molecule has 0 aromatic carbocycles. The second-order valence-corrected chi connectivity index (χ2v) is 7.74. The molecule has 7 nitrogen and oxygen atoms in total. The molecule has 0 aliphatic carbocycles. The van der Waals surface area contributed by atoms with Crippen molar-refractivity contribution in [3.05, 3.63) is 24.0 Å². The minimum atomic E-state index is -3.25. The number of nitrogens with zero attached hydrogens (tertiary/aromatic N) is 2. The van der Waals surface area contributed by atoms with E-state index in [0.29, 0.717) is 19.0 Å². The number of aromatic nitrogens is 1. The fourth-order valence-corrected chi connectivity index (χ4v) is 3.09. The first-order valence-corrected chi connectivity index (χ1v) is 9.12. The molecule has 0 aliphatic rings. The number of aliphatic imine (C=N–C) groups is 1. The van der Waals surface area contributed by atoms with Crippen LogP contribution in [0.2, 0.25) is 0 Å². The number of guanidine groups is 1. The minimum absolute atomic E-state index is 0.431. The molecule has 0 saturated carbocycles. The van der Waals surface area contributed by atoms with Gasteiger partial charge in [0.2, 0.25) is 10.0 Å². The van der Waals surface area contributed by atoms with Crippen molar-refractivity contribution in [2.75, 3.05) is 19.3 Å². The predicted octanol–water partition coefficient (Wildman–Crippen LogP) is 0.408. The van der Waals surface area contributed by atoms with E-state index in [4.69, 9.17) is 0 Å². The molecule has 0 unspecified atom stereocenters. The van der Waals surface area contributed by atoms with E-state index in [1.165, 1.54) is 0 Å². The first kappa shape index (κ1) is 18.5. The molecule has 1 heterocycles. The standard InChI is InChI=1S/C14H27N5O2S/c1-6-15-13(16-9-12-7-8-19(4)10-12)17-11-14(2,3)18-22(5,20)21/h7-8,10,18H,6,9,11H2,1-5H3,(H2,15,16,17). The van der Waals surface area contributed by atoms with Crippen LogP contribution in [-0.4, -0.2) is 43.8 Å². The summed E-state index contributed by atoms with van der Waals surface area (Å²) in [7, 11) is -1.28. The molecular weight excluding hydrogens is 302 g/mol. The smallest absolute Gasteiger partial charge is 0.209 e. The van der Waals surface area contributed by atoms with Crippen LogP contribution in [0.25, 0.3) is 0 Å². The molecule has 0 aliphatic heterocycles. The lowest BCUT2D eigenvalue weighted by Gasteiger charge is -2.26. The minimum Gasteiger partial charge on any atom is -0.357 e. The Kier molecular flexibility index (Phi) is 6.43. The second kappa shape index (κ2) is 7.64. The molecule has 0 radical (unpaired) electrons. The van der Waals surface area contributed by atoms with Gasteiger partial charge in [0.1, 0.15) is 0 Å². The van der Waals surface area contributed by atoms with Gasteiger partial charge in [0, 0.05) is 38.1 Å². The average Bonchev–Trinajstić information content (AvgIpc) is 2.76. The van der Waals surface area contributed by atoms with Crippen molar-refractivity contribution < 1.29 is 8.42 Å². The molecule has 1 aromatic heterocycles. The highest BCUT2D eigenvalue weighted by Crippen LogP contribution is 2.03. The van der Waals surface area contributed by atoms with Crippen LogP contribution in [0.3, 0.4) is 0 Å². The van der Waals surface area contributed by atoms with Gasteiger partial charge in [-0.15, -0.1) is 0 Å². The highest BCUT2D eigenvalue weighted by molar-refractivity contribution is 7.88. The number of sulfonamides is 1. The van der Waals surface area contributed by atoms with Crippen molar-refractivity contribution >= 4 is 16.0 Å². The maximum absolute atomic E-state index is 11.3. The van der Waals surface area contributed by atoms with E-state index in [1.54, 1.807) is 0 Å². The summed E-state index contributed by atoms with van der Waals surface area (Å²) < 4.78 is 27.3. The first-order valence-electron chi connectivity index (χ1n) is 7.23. The third-order valence-electron chi connectivity index (χ3n) is 2.82. The highest BCUT2D eigenvalue weighted by Gasteiger charge is 2.22. The number of hydrogen-bond acceptors (Lipinski definition) is 3. The Hall–Kier alpha value is -1.54. The van der Waals surface area contributed by atoms with Crippen molar-refractivity contribution in [1.82, 2.24) is 19.9 Å². The molecule has 0 atom stereocenters. The molecule has 0 saturated heterocycles. The fourth-order valence-electron chi connectivity index (χ4n) is 2.01. The molecule has 126 valence electrons. The predicted molar refractivity (Wildman–Crippen MR) is 90.3 cm³/mol. The molecule has 0 amide bonds. The number of nitrogens with one attached hydrogen (secondary N) is 3. The van der Waals surface area contributed by atoms with E-state index in [-0.39, 0.29) is 0 Å². The van der Waals surface area contributed by atoms with Crippen LogP contribution in [-0.2, 0) is 23.6 Å². The van der Waals surface area contributed by atoms with Gasteiger partial charge in [-0.2, -0.15) is 0 Å². The lowest BCUT2D eigenvalue weighted by Crippen LogP contribution is -2.53. The van der Waals surface area contributed by atoms with Gasteiger partial charge in [-0.1, -0.05) is 0 Å². The summed E-state index contributed by atoms with van der Waals surface area (Å²) in [6, 6.07) is 2.02. The summed E-state index contributed by atoms with van der Waals surface area (Å²) in [5.41, 5.74) is 0.518. The summed E-state index contributed by atoms with van der Waals surface area (Å²) in [4.78, 5) is 4.50. The van der Waals surface area contributed by atoms with E-state index in [1.807, 2.05) is 50.8 Å². The van der Waals surface area contributed by atoms with Crippen LogP contribution in [0.4, 0.5) is 0 Å². The molecule has 1 rings (SSSR count). The van der Waals surface area contributed by atoms with E-state index in [9.17, 15) is 8.42 Å². The Bertz CT molecular complexity index is 605. The van der Waals surface area contributed by atoms with Crippen LogP contribution < -0.4 is 15.4 Å².